The third kappa shape index (κ3) is 4.60. The Morgan fingerprint density at radius 1 is 0.810 bits per heavy atom. The van der Waals surface area contributed by atoms with Crippen molar-refractivity contribution in [2.45, 2.75) is 19.0 Å². The van der Waals surface area contributed by atoms with Gasteiger partial charge in [0.2, 0.25) is 0 Å². The molecule has 0 aliphatic heterocycles. The zero-order valence-electron chi connectivity index (χ0n) is 11.5. The van der Waals surface area contributed by atoms with E-state index < -0.39 is 11.7 Å². The summed E-state index contributed by atoms with van der Waals surface area (Å²) < 4.78 is 37.5. The predicted molar refractivity (Wildman–Crippen MR) is 75.9 cm³/mol. The molecule has 112 valence electrons. The zero-order chi connectivity index (χ0) is 15.3. The molecule has 0 bridgehead atoms. The molecule has 1 atom stereocenters. The molecule has 0 saturated heterocycles. The SMILES string of the molecule is OCC(Cc1ccccc1)Cc1ccc(C(F)(F)F)cc1. The zero-order valence-corrected chi connectivity index (χ0v) is 11.5. The summed E-state index contributed by atoms with van der Waals surface area (Å²) in [7, 11) is 0. The highest BCUT2D eigenvalue weighted by Gasteiger charge is 2.29. The lowest BCUT2D eigenvalue weighted by Gasteiger charge is -2.15. The van der Waals surface area contributed by atoms with Crippen molar-refractivity contribution in [3.63, 3.8) is 0 Å². The van der Waals surface area contributed by atoms with Crippen LogP contribution in [0.15, 0.2) is 54.6 Å². The Labute approximate surface area is 122 Å². The fourth-order valence-electron chi connectivity index (χ4n) is 2.31. The van der Waals surface area contributed by atoms with E-state index in [1.54, 1.807) is 0 Å². The van der Waals surface area contributed by atoms with Crippen LogP contribution in [0.2, 0.25) is 0 Å². The summed E-state index contributed by atoms with van der Waals surface area (Å²) in [5.41, 5.74) is 1.27. The van der Waals surface area contributed by atoms with Gasteiger partial charge in [-0.2, -0.15) is 13.2 Å². The van der Waals surface area contributed by atoms with Crippen LogP contribution in [0.1, 0.15) is 16.7 Å². The molecule has 0 heterocycles. The Bertz CT molecular complexity index is 546. The summed E-state index contributed by atoms with van der Waals surface area (Å²) in [6, 6.07) is 14.9. The highest BCUT2D eigenvalue weighted by Crippen LogP contribution is 2.29. The highest BCUT2D eigenvalue weighted by atomic mass is 19.4. The third-order valence-electron chi connectivity index (χ3n) is 3.43. The van der Waals surface area contributed by atoms with E-state index in [9.17, 15) is 18.3 Å². The van der Waals surface area contributed by atoms with Crippen molar-refractivity contribution in [1.29, 1.82) is 0 Å². The number of alkyl halides is 3. The van der Waals surface area contributed by atoms with Crippen molar-refractivity contribution in [2.24, 2.45) is 5.92 Å². The molecule has 0 aliphatic rings. The molecule has 0 fully saturated rings. The third-order valence-corrected chi connectivity index (χ3v) is 3.43. The molecule has 1 nitrogen and oxygen atoms in total. The van der Waals surface area contributed by atoms with Crippen molar-refractivity contribution in [3.05, 3.63) is 71.3 Å². The van der Waals surface area contributed by atoms with Crippen molar-refractivity contribution in [2.75, 3.05) is 6.61 Å². The Hall–Kier alpha value is -1.81. The normalized spacial score (nSPS) is 13.1. The molecule has 2 aromatic rings. The molecule has 2 aromatic carbocycles. The minimum absolute atomic E-state index is 0.00383. The minimum Gasteiger partial charge on any atom is -0.396 e. The maximum Gasteiger partial charge on any atom is 0.416 e. The average molecular weight is 294 g/mol. The second kappa shape index (κ2) is 6.76. The largest absolute Gasteiger partial charge is 0.416 e. The van der Waals surface area contributed by atoms with Crippen molar-refractivity contribution < 1.29 is 18.3 Å². The standard InChI is InChI=1S/C17H17F3O/c18-17(19,20)16-8-6-14(7-9-16)11-15(12-21)10-13-4-2-1-3-5-13/h1-9,15,21H,10-12H2. The summed E-state index contributed by atoms with van der Waals surface area (Å²) in [5, 5.41) is 9.45. The monoisotopic (exact) mass is 294 g/mol. The molecule has 0 spiro atoms. The lowest BCUT2D eigenvalue weighted by molar-refractivity contribution is -0.137. The van der Waals surface area contributed by atoms with Gasteiger partial charge >= 0.3 is 6.18 Å². The first-order valence-corrected chi connectivity index (χ1v) is 6.80. The lowest BCUT2D eigenvalue weighted by atomic mass is 9.93. The van der Waals surface area contributed by atoms with Crippen LogP contribution >= 0.6 is 0 Å². The number of hydrogen-bond acceptors (Lipinski definition) is 1. The van der Waals surface area contributed by atoms with Gasteiger partial charge in [-0.05, 0) is 42.0 Å². The first kappa shape index (κ1) is 15.6. The topological polar surface area (TPSA) is 20.2 Å². The fraction of sp³-hybridized carbons (Fsp3) is 0.294. The second-order valence-corrected chi connectivity index (χ2v) is 5.14. The van der Waals surface area contributed by atoms with E-state index in [2.05, 4.69) is 0 Å². The number of benzene rings is 2. The Balaban J connectivity index is 2.02. The van der Waals surface area contributed by atoms with Gasteiger partial charge in [-0.15, -0.1) is 0 Å². The quantitative estimate of drug-likeness (QED) is 0.880. The van der Waals surface area contributed by atoms with Crippen LogP contribution in [-0.4, -0.2) is 11.7 Å². The van der Waals surface area contributed by atoms with E-state index in [1.807, 2.05) is 30.3 Å². The van der Waals surface area contributed by atoms with Gasteiger partial charge < -0.3 is 5.11 Å². The molecule has 0 amide bonds. The molecule has 0 radical (unpaired) electrons. The average Bonchev–Trinajstić information content (AvgIpc) is 2.47. The predicted octanol–water partition coefficient (Wildman–Crippen LogP) is 4.10. The Morgan fingerprint density at radius 2 is 1.33 bits per heavy atom. The van der Waals surface area contributed by atoms with E-state index >= 15 is 0 Å². The van der Waals surface area contributed by atoms with Crippen LogP contribution in [0, 0.1) is 5.92 Å². The van der Waals surface area contributed by atoms with Crippen LogP contribution in [0.5, 0.6) is 0 Å². The first-order valence-electron chi connectivity index (χ1n) is 6.80. The molecule has 1 N–H and O–H groups in total. The summed E-state index contributed by atoms with van der Waals surface area (Å²) >= 11 is 0. The molecular formula is C17H17F3O. The molecule has 4 heteroatoms. The minimum atomic E-state index is -4.31. The molecule has 2 rings (SSSR count). The van der Waals surface area contributed by atoms with Gasteiger partial charge in [-0.3, -0.25) is 0 Å². The molecule has 0 saturated carbocycles. The van der Waals surface area contributed by atoms with Crippen molar-refractivity contribution >= 4 is 0 Å². The van der Waals surface area contributed by atoms with Gasteiger partial charge in [0.25, 0.3) is 0 Å². The van der Waals surface area contributed by atoms with Crippen LogP contribution in [0.4, 0.5) is 13.2 Å². The number of aliphatic hydroxyl groups excluding tert-OH is 1. The van der Waals surface area contributed by atoms with Gasteiger partial charge in [0.15, 0.2) is 0 Å². The lowest BCUT2D eigenvalue weighted by Crippen LogP contribution is -2.13. The summed E-state index contributed by atoms with van der Waals surface area (Å²) in [6.07, 6.45) is -3.04. The number of rotatable bonds is 5. The highest BCUT2D eigenvalue weighted by molar-refractivity contribution is 5.25. The van der Waals surface area contributed by atoms with E-state index in [0.29, 0.717) is 12.8 Å². The fourth-order valence-corrected chi connectivity index (χ4v) is 2.31. The van der Waals surface area contributed by atoms with E-state index in [4.69, 9.17) is 0 Å². The van der Waals surface area contributed by atoms with E-state index in [0.717, 1.165) is 23.3 Å². The van der Waals surface area contributed by atoms with Crippen LogP contribution in [0.3, 0.4) is 0 Å². The van der Waals surface area contributed by atoms with E-state index in [-0.39, 0.29) is 12.5 Å². The van der Waals surface area contributed by atoms with Gasteiger partial charge in [0, 0.05) is 6.61 Å². The van der Waals surface area contributed by atoms with Gasteiger partial charge in [0.1, 0.15) is 0 Å². The second-order valence-electron chi connectivity index (χ2n) is 5.14. The number of halogens is 3. The van der Waals surface area contributed by atoms with Gasteiger partial charge in [-0.1, -0.05) is 42.5 Å². The van der Waals surface area contributed by atoms with Crippen LogP contribution in [-0.2, 0) is 19.0 Å². The molecule has 1 unspecified atom stereocenters. The van der Waals surface area contributed by atoms with Crippen molar-refractivity contribution in [3.8, 4) is 0 Å². The summed E-state index contributed by atoms with van der Waals surface area (Å²) in [6.45, 7) is 0.00984. The summed E-state index contributed by atoms with van der Waals surface area (Å²) in [5.74, 6) is 0.00383. The Morgan fingerprint density at radius 3 is 1.81 bits per heavy atom. The maximum atomic E-state index is 12.5. The van der Waals surface area contributed by atoms with Gasteiger partial charge in [-0.25, -0.2) is 0 Å². The summed E-state index contributed by atoms with van der Waals surface area (Å²) in [4.78, 5) is 0. The maximum absolute atomic E-state index is 12.5. The van der Waals surface area contributed by atoms with Crippen molar-refractivity contribution in [1.82, 2.24) is 0 Å². The van der Waals surface area contributed by atoms with Gasteiger partial charge in [0.05, 0.1) is 5.56 Å². The number of aliphatic hydroxyl groups is 1. The van der Waals surface area contributed by atoms with E-state index in [1.165, 1.54) is 12.1 Å². The molecular weight excluding hydrogens is 277 g/mol. The Kier molecular flexibility index (Phi) is 5.02. The first-order chi connectivity index (χ1) is 9.99. The molecule has 0 aromatic heterocycles. The van der Waals surface area contributed by atoms with Crippen LogP contribution in [0.25, 0.3) is 0 Å². The smallest absolute Gasteiger partial charge is 0.396 e. The molecule has 0 aliphatic carbocycles. The number of hydrogen-bond donors (Lipinski definition) is 1. The molecule has 21 heavy (non-hydrogen) atoms. The van der Waals surface area contributed by atoms with Crippen LogP contribution < -0.4 is 0 Å².